The van der Waals surface area contributed by atoms with Crippen molar-refractivity contribution in [2.45, 2.75) is 19.5 Å². The zero-order chi connectivity index (χ0) is 20.1. The monoisotopic (exact) mass is 420 g/mol. The van der Waals surface area contributed by atoms with Crippen LogP contribution in [0.25, 0.3) is 10.1 Å². The van der Waals surface area contributed by atoms with Crippen molar-refractivity contribution in [1.82, 2.24) is 10.3 Å². The Kier molecular flexibility index (Phi) is 6.24. The van der Waals surface area contributed by atoms with E-state index in [1.165, 1.54) is 26.8 Å². The summed E-state index contributed by atoms with van der Waals surface area (Å²) in [6.07, 6.45) is 4.96. The molecule has 0 amide bonds. The van der Waals surface area contributed by atoms with Crippen molar-refractivity contribution in [2.75, 3.05) is 11.4 Å². The average molecular weight is 421 g/mol. The van der Waals surface area contributed by atoms with Gasteiger partial charge in [0.15, 0.2) is 5.11 Å². The first-order valence-electron chi connectivity index (χ1n) is 9.64. The molecule has 0 aliphatic heterocycles. The van der Waals surface area contributed by atoms with Gasteiger partial charge in [0, 0.05) is 29.3 Å². The number of hydrogen-bond donors (Lipinski definition) is 3. The predicted molar refractivity (Wildman–Crippen MR) is 127 cm³/mol. The predicted octanol–water partition coefficient (Wildman–Crippen LogP) is 4.81. The maximum atomic E-state index is 6.07. The molecule has 2 heterocycles. The second kappa shape index (κ2) is 9.22. The zero-order valence-electron chi connectivity index (χ0n) is 16.1. The Morgan fingerprint density at radius 2 is 1.97 bits per heavy atom. The number of thiocarbonyl (C=S) groups is 1. The van der Waals surface area contributed by atoms with Gasteiger partial charge in [-0.25, -0.2) is 0 Å². The number of nitrogens with one attached hydrogen (secondary N) is 2. The van der Waals surface area contributed by atoms with Gasteiger partial charge in [-0.15, -0.1) is 11.3 Å². The highest BCUT2D eigenvalue weighted by Gasteiger charge is 2.13. The van der Waals surface area contributed by atoms with Crippen LogP contribution < -0.4 is 16.0 Å². The first-order valence-corrected chi connectivity index (χ1v) is 10.9. The molecule has 0 aliphatic rings. The SMILES string of the molecule is NC(=S)N(Cc1ccccc1)c1ccc2scc(CCNCc3cc[nH]c3)c2c1. The van der Waals surface area contributed by atoms with Gasteiger partial charge in [-0.3, -0.25) is 0 Å². The van der Waals surface area contributed by atoms with Gasteiger partial charge < -0.3 is 20.9 Å². The van der Waals surface area contributed by atoms with Crippen molar-refractivity contribution in [3.8, 4) is 0 Å². The van der Waals surface area contributed by atoms with Crippen LogP contribution in [0, 0.1) is 0 Å². The zero-order valence-corrected chi connectivity index (χ0v) is 17.7. The number of rotatable bonds is 8. The van der Waals surface area contributed by atoms with E-state index in [-0.39, 0.29) is 0 Å². The smallest absolute Gasteiger partial charge is 0.171 e. The second-order valence-electron chi connectivity index (χ2n) is 7.00. The van der Waals surface area contributed by atoms with E-state index in [1.54, 1.807) is 11.3 Å². The summed E-state index contributed by atoms with van der Waals surface area (Å²) in [5.74, 6) is 0. The van der Waals surface area contributed by atoms with Crippen molar-refractivity contribution >= 4 is 44.4 Å². The summed E-state index contributed by atoms with van der Waals surface area (Å²) in [6, 6.07) is 18.9. The lowest BCUT2D eigenvalue weighted by Crippen LogP contribution is -2.34. The van der Waals surface area contributed by atoms with Gasteiger partial charge in [0.1, 0.15) is 0 Å². The molecule has 0 aliphatic carbocycles. The average Bonchev–Trinajstić information content (AvgIpc) is 3.39. The van der Waals surface area contributed by atoms with E-state index in [1.807, 2.05) is 35.5 Å². The van der Waals surface area contributed by atoms with Crippen molar-refractivity contribution in [3.63, 3.8) is 0 Å². The summed E-state index contributed by atoms with van der Waals surface area (Å²) in [7, 11) is 0. The van der Waals surface area contributed by atoms with E-state index in [0.717, 1.165) is 25.2 Å². The fourth-order valence-corrected chi connectivity index (χ4v) is 4.57. The Balaban J connectivity index is 1.49. The molecule has 148 valence electrons. The minimum absolute atomic E-state index is 0.387. The molecule has 0 unspecified atom stereocenters. The summed E-state index contributed by atoms with van der Waals surface area (Å²) >= 11 is 7.14. The minimum Gasteiger partial charge on any atom is -0.376 e. The number of thiophene rings is 1. The number of hydrogen-bond acceptors (Lipinski definition) is 3. The fourth-order valence-electron chi connectivity index (χ4n) is 3.42. The lowest BCUT2D eigenvalue weighted by atomic mass is 10.1. The molecule has 0 bridgehead atoms. The van der Waals surface area contributed by atoms with Crippen LogP contribution in [0.15, 0.2) is 72.4 Å². The number of aromatic nitrogens is 1. The Labute approximate surface area is 180 Å². The third kappa shape index (κ3) is 4.85. The number of aromatic amines is 1. The molecule has 29 heavy (non-hydrogen) atoms. The molecular formula is C23H24N4S2. The van der Waals surface area contributed by atoms with Gasteiger partial charge in [0.2, 0.25) is 0 Å². The van der Waals surface area contributed by atoms with Gasteiger partial charge in [-0.05, 0) is 76.9 Å². The van der Waals surface area contributed by atoms with Gasteiger partial charge in [-0.1, -0.05) is 30.3 Å². The third-order valence-electron chi connectivity index (χ3n) is 4.96. The van der Waals surface area contributed by atoms with Crippen molar-refractivity contribution in [1.29, 1.82) is 0 Å². The molecule has 2 aromatic carbocycles. The lowest BCUT2D eigenvalue weighted by molar-refractivity contribution is 0.689. The Morgan fingerprint density at radius 1 is 1.10 bits per heavy atom. The Bertz CT molecular complexity index is 1070. The number of fused-ring (bicyclic) bond motifs is 1. The van der Waals surface area contributed by atoms with Gasteiger partial charge in [0.25, 0.3) is 0 Å². The standard InChI is InChI=1S/C23H24N4S2/c24-23(28)27(15-17-4-2-1-3-5-17)20-6-7-22-21(12-20)19(16-29-22)9-11-26-14-18-8-10-25-13-18/h1-8,10,12-13,16,25-26H,9,11,14-15H2,(H2,24,28). The summed E-state index contributed by atoms with van der Waals surface area (Å²) in [4.78, 5) is 5.08. The summed E-state index contributed by atoms with van der Waals surface area (Å²) in [6.45, 7) is 2.48. The quantitative estimate of drug-likeness (QED) is 0.283. The van der Waals surface area contributed by atoms with Crippen LogP contribution in [0.3, 0.4) is 0 Å². The Morgan fingerprint density at radius 3 is 2.72 bits per heavy atom. The van der Waals surface area contributed by atoms with Crippen LogP contribution in [0.4, 0.5) is 5.69 Å². The number of nitrogens with two attached hydrogens (primary N) is 1. The molecular weight excluding hydrogens is 396 g/mol. The maximum absolute atomic E-state index is 6.07. The van der Waals surface area contributed by atoms with Crippen LogP contribution >= 0.6 is 23.6 Å². The van der Waals surface area contributed by atoms with E-state index < -0.39 is 0 Å². The fraction of sp³-hybridized carbons (Fsp3) is 0.174. The minimum atomic E-state index is 0.387. The lowest BCUT2D eigenvalue weighted by Gasteiger charge is -2.23. The molecule has 0 fully saturated rings. The van der Waals surface area contributed by atoms with Gasteiger partial charge in [0.05, 0.1) is 6.54 Å². The number of anilines is 1. The summed E-state index contributed by atoms with van der Waals surface area (Å²) < 4.78 is 1.29. The highest BCUT2D eigenvalue weighted by atomic mass is 32.1. The van der Waals surface area contributed by atoms with Gasteiger partial charge in [-0.2, -0.15) is 0 Å². The van der Waals surface area contributed by atoms with Crippen LogP contribution in [0.2, 0.25) is 0 Å². The summed E-state index contributed by atoms with van der Waals surface area (Å²) in [5, 5.41) is 7.44. The van der Waals surface area contributed by atoms with E-state index in [0.29, 0.717) is 11.7 Å². The molecule has 6 heteroatoms. The van der Waals surface area contributed by atoms with Gasteiger partial charge >= 0.3 is 0 Å². The molecule has 0 radical (unpaired) electrons. The van der Waals surface area contributed by atoms with Crippen molar-refractivity contribution in [3.05, 3.63) is 89.1 Å². The topological polar surface area (TPSA) is 57.1 Å². The van der Waals surface area contributed by atoms with Crippen molar-refractivity contribution in [2.24, 2.45) is 5.73 Å². The molecule has 0 saturated carbocycles. The highest BCUT2D eigenvalue weighted by Crippen LogP contribution is 2.31. The molecule has 2 aromatic heterocycles. The summed E-state index contributed by atoms with van der Waals surface area (Å²) in [5.41, 5.74) is 10.9. The van der Waals surface area contributed by atoms with Crippen LogP contribution in [0.5, 0.6) is 0 Å². The first-order chi connectivity index (χ1) is 14.2. The maximum Gasteiger partial charge on any atom is 0.171 e. The second-order valence-corrected chi connectivity index (χ2v) is 8.33. The molecule has 4 nitrogen and oxygen atoms in total. The molecule has 4 rings (SSSR count). The molecule has 0 spiro atoms. The molecule has 4 aromatic rings. The normalized spacial score (nSPS) is 11.0. The molecule has 0 saturated heterocycles. The third-order valence-corrected chi connectivity index (χ3v) is 6.19. The highest BCUT2D eigenvalue weighted by molar-refractivity contribution is 7.80. The number of H-pyrrole nitrogens is 1. The number of nitrogens with zero attached hydrogens (tertiary/aromatic N) is 1. The van der Waals surface area contributed by atoms with E-state index >= 15 is 0 Å². The molecule has 4 N–H and O–H groups in total. The van der Waals surface area contributed by atoms with E-state index in [2.05, 4.69) is 52.1 Å². The van der Waals surface area contributed by atoms with E-state index in [4.69, 9.17) is 18.0 Å². The van der Waals surface area contributed by atoms with Crippen molar-refractivity contribution < 1.29 is 0 Å². The number of benzene rings is 2. The van der Waals surface area contributed by atoms with Crippen LogP contribution in [-0.4, -0.2) is 16.6 Å². The van der Waals surface area contributed by atoms with E-state index in [9.17, 15) is 0 Å². The van der Waals surface area contributed by atoms with Crippen LogP contribution in [0.1, 0.15) is 16.7 Å². The Hall–Kier alpha value is -2.67. The molecule has 0 atom stereocenters. The van der Waals surface area contributed by atoms with Crippen LogP contribution in [-0.2, 0) is 19.5 Å². The first kappa shape index (κ1) is 19.6. The largest absolute Gasteiger partial charge is 0.376 e.